The van der Waals surface area contributed by atoms with E-state index in [0.717, 1.165) is 11.3 Å². The lowest BCUT2D eigenvalue weighted by Gasteiger charge is -2.24. The Morgan fingerprint density at radius 1 is 1.19 bits per heavy atom. The maximum Gasteiger partial charge on any atom is 0.231 e. The summed E-state index contributed by atoms with van der Waals surface area (Å²) in [5, 5.41) is 13.5. The minimum atomic E-state index is -1.21. The maximum absolute atomic E-state index is 12.2. The van der Waals surface area contributed by atoms with Gasteiger partial charge in [0.1, 0.15) is 11.4 Å². The molecule has 0 bridgehead atoms. The van der Waals surface area contributed by atoms with E-state index in [9.17, 15) is 9.90 Å². The van der Waals surface area contributed by atoms with E-state index in [4.69, 9.17) is 14.2 Å². The second kappa shape index (κ2) is 7.66. The predicted molar refractivity (Wildman–Crippen MR) is 96.5 cm³/mol. The molecule has 0 aliphatic carbocycles. The number of nitrogens with one attached hydrogen (secondary N) is 1. The third kappa shape index (κ3) is 4.26. The molecular formula is C20H23NO5. The highest BCUT2D eigenvalue weighted by atomic mass is 16.7. The average Bonchev–Trinajstić information content (AvgIpc) is 3.10. The monoisotopic (exact) mass is 357 g/mol. The molecule has 2 aromatic carbocycles. The molecule has 1 aliphatic rings. The Morgan fingerprint density at radius 3 is 2.65 bits per heavy atom. The summed E-state index contributed by atoms with van der Waals surface area (Å²) in [6.07, 6.45) is 0.240. The summed E-state index contributed by atoms with van der Waals surface area (Å²) in [5.74, 6) is 1.88. The van der Waals surface area contributed by atoms with Gasteiger partial charge in [0.25, 0.3) is 0 Å². The fraction of sp³-hybridized carbons (Fsp3) is 0.350. The van der Waals surface area contributed by atoms with Gasteiger partial charge in [-0.25, -0.2) is 0 Å². The van der Waals surface area contributed by atoms with Crippen LogP contribution < -0.4 is 19.5 Å². The van der Waals surface area contributed by atoms with Crippen LogP contribution in [0.2, 0.25) is 0 Å². The number of hydrogen-bond acceptors (Lipinski definition) is 5. The molecule has 0 unspecified atom stereocenters. The predicted octanol–water partition coefficient (Wildman–Crippen LogP) is 2.38. The number of aliphatic hydroxyl groups is 1. The molecule has 1 aliphatic heterocycles. The van der Waals surface area contributed by atoms with Gasteiger partial charge in [-0.2, -0.15) is 0 Å². The van der Waals surface area contributed by atoms with Gasteiger partial charge in [0.05, 0.1) is 19.6 Å². The van der Waals surface area contributed by atoms with Crippen LogP contribution in [0.25, 0.3) is 0 Å². The van der Waals surface area contributed by atoms with Crippen LogP contribution in [0, 0.1) is 0 Å². The molecule has 0 saturated heterocycles. The van der Waals surface area contributed by atoms with Gasteiger partial charge in [0.2, 0.25) is 12.7 Å². The van der Waals surface area contributed by atoms with E-state index in [2.05, 4.69) is 5.32 Å². The van der Waals surface area contributed by atoms with Gasteiger partial charge >= 0.3 is 0 Å². The van der Waals surface area contributed by atoms with Gasteiger partial charge in [-0.3, -0.25) is 4.79 Å². The number of amides is 1. The summed E-state index contributed by atoms with van der Waals surface area (Å²) in [7, 11) is 0. The molecule has 6 heteroatoms. The molecule has 0 aromatic heterocycles. The number of hydrogen-bond donors (Lipinski definition) is 2. The van der Waals surface area contributed by atoms with Crippen molar-refractivity contribution in [1.29, 1.82) is 0 Å². The zero-order valence-corrected chi connectivity index (χ0v) is 15.0. The van der Waals surface area contributed by atoms with Crippen LogP contribution in [0.5, 0.6) is 17.2 Å². The minimum Gasteiger partial charge on any atom is -0.494 e. The fourth-order valence-electron chi connectivity index (χ4n) is 2.72. The zero-order chi connectivity index (χ0) is 18.6. The third-order valence-electron chi connectivity index (χ3n) is 4.22. The molecular weight excluding hydrogens is 334 g/mol. The Bertz CT molecular complexity index is 770. The Balaban J connectivity index is 1.56. The molecule has 1 atom stereocenters. The van der Waals surface area contributed by atoms with Crippen molar-refractivity contribution in [2.45, 2.75) is 25.9 Å². The van der Waals surface area contributed by atoms with Crippen molar-refractivity contribution < 1.29 is 24.1 Å². The Morgan fingerprint density at radius 2 is 1.92 bits per heavy atom. The fourth-order valence-corrected chi connectivity index (χ4v) is 2.72. The number of carbonyl (C=O) groups excluding carboxylic acids is 1. The molecule has 26 heavy (non-hydrogen) atoms. The number of rotatable bonds is 7. The highest BCUT2D eigenvalue weighted by Gasteiger charge is 2.26. The summed E-state index contributed by atoms with van der Waals surface area (Å²) in [5.41, 5.74) is 0.326. The van der Waals surface area contributed by atoms with E-state index in [0.29, 0.717) is 23.7 Å². The van der Waals surface area contributed by atoms with Crippen molar-refractivity contribution in [1.82, 2.24) is 5.32 Å². The molecule has 1 heterocycles. The molecule has 6 nitrogen and oxygen atoms in total. The summed E-state index contributed by atoms with van der Waals surface area (Å²) >= 11 is 0. The first-order chi connectivity index (χ1) is 12.5. The molecule has 0 fully saturated rings. The molecule has 0 spiro atoms. The Labute approximate surface area is 152 Å². The standard InChI is InChI=1S/C20H23NO5/c1-3-24-16-7-4-14(5-8-16)10-19(22)21-12-20(2,23)15-6-9-17-18(11-15)26-13-25-17/h4-9,11,23H,3,10,12-13H2,1-2H3,(H,21,22)/t20-/m1/s1. The summed E-state index contributed by atoms with van der Waals surface area (Å²) in [4.78, 5) is 12.2. The van der Waals surface area contributed by atoms with Crippen LogP contribution in [0.4, 0.5) is 0 Å². The van der Waals surface area contributed by atoms with E-state index < -0.39 is 5.60 Å². The van der Waals surface area contributed by atoms with Crippen molar-refractivity contribution in [3.8, 4) is 17.2 Å². The van der Waals surface area contributed by atoms with Gasteiger partial charge in [-0.1, -0.05) is 18.2 Å². The van der Waals surface area contributed by atoms with E-state index in [1.807, 2.05) is 31.2 Å². The second-order valence-electron chi connectivity index (χ2n) is 6.37. The SMILES string of the molecule is CCOc1ccc(CC(=O)NC[C@@](C)(O)c2ccc3c(c2)OCO3)cc1. The zero-order valence-electron chi connectivity index (χ0n) is 15.0. The average molecular weight is 357 g/mol. The van der Waals surface area contributed by atoms with Gasteiger partial charge in [-0.05, 0) is 49.2 Å². The second-order valence-corrected chi connectivity index (χ2v) is 6.37. The molecule has 3 rings (SSSR count). The van der Waals surface area contributed by atoms with E-state index in [1.54, 1.807) is 25.1 Å². The first-order valence-corrected chi connectivity index (χ1v) is 8.59. The minimum absolute atomic E-state index is 0.0997. The van der Waals surface area contributed by atoms with Gasteiger partial charge in [0.15, 0.2) is 11.5 Å². The molecule has 2 N–H and O–H groups in total. The lowest BCUT2D eigenvalue weighted by molar-refractivity contribution is -0.121. The van der Waals surface area contributed by atoms with Gasteiger partial charge < -0.3 is 24.6 Å². The normalized spacial score (nSPS) is 14.6. The third-order valence-corrected chi connectivity index (χ3v) is 4.22. The van der Waals surface area contributed by atoms with E-state index in [-0.39, 0.29) is 25.7 Å². The number of fused-ring (bicyclic) bond motifs is 1. The first-order valence-electron chi connectivity index (χ1n) is 8.59. The van der Waals surface area contributed by atoms with Gasteiger partial charge in [0, 0.05) is 0 Å². The number of benzene rings is 2. The molecule has 2 aromatic rings. The molecule has 1 amide bonds. The molecule has 138 valence electrons. The largest absolute Gasteiger partial charge is 0.494 e. The van der Waals surface area contributed by atoms with Crippen LogP contribution in [0.3, 0.4) is 0 Å². The van der Waals surface area contributed by atoms with Crippen LogP contribution >= 0.6 is 0 Å². The van der Waals surface area contributed by atoms with E-state index >= 15 is 0 Å². The van der Waals surface area contributed by atoms with Crippen LogP contribution in [0.15, 0.2) is 42.5 Å². The van der Waals surface area contributed by atoms with Crippen molar-refractivity contribution in [2.24, 2.45) is 0 Å². The lowest BCUT2D eigenvalue weighted by atomic mass is 9.95. The molecule has 0 saturated carbocycles. The van der Waals surface area contributed by atoms with Crippen molar-refractivity contribution >= 4 is 5.91 Å². The number of carbonyl (C=O) groups is 1. The maximum atomic E-state index is 12.2. The summed E-state index contributed by atoms with van der Waals surface area (Å²) in [6.45, 7) is 4.46. The van der Waals surface area contributed by atoms with E-state index in [1.165, 1.54) is 0 Å². The smallest absolute Gasteiger partial charge is 0.231 e. The van der Waals surface area contributed by atoms with Gasteiger partial charge in [-0.15, -0.1) is 0 Å². The first kappa shape index (κ1) is 18.1. The summed E-state index contributed by atoms with van der Waals surface area (Å²) < 4.78 is 16.0. The molecule has 0 radical (unpaired) electrons. The van der Waals surface area contributed by atoms with Crippen LogP contribution in [-0.4, -0.2) is 31.0 Å². The Kier molecular flexibility index (Phi) is 5.32. The van der Waals surface area contributed by atoms with Crippen LogP contribution in [-0.2, 0) is 16.8 Å². The van der Waals surface area contributed by atoms with Crippen LogP contribution in [0.1, 0.15) is 25.0 Å². The highest BCUT2D eigenvalue weighted by Crippen LogP contribution is 2.35. The Hall–Kier alpha value is -2.73. The topological polar surface area (TPSA) is 77.0 Å². The van der Waals surface area contributed by atoms with Crippen molar-refractivity contribution in [3.63, 3.8) is 0 Å². The highest BCUT2D eigenvalue weighted by molar-refractivity contribution is 5.78. The number of ether oxygens (including phenoxy) is 3. The summed E-state index contributed by atoms with van der Waals surface area (Å²) in [6, 6.07) is 12.7. The van der Waals surface area contributed by atoms with Crippen molar-refractivity contribution in [3.05, 3.63) is 53.6 Å². The quantitative estimate of drug-likeness (QED) is 0.796. The lowest BCUT2D eigenvalue weighted by Crippen LogP contribution is -2.39. The van der Waals surface area contributed by atoms with Crippen molar-refractivity contribution in [2.75, 3.05) is 19.9 Å².